The van der Waals surface area contributed by atoms with Crippen LogP contribution in [0.1, 0.15) is 46.3 Å². The van der Waals surface area contributed by atoms with Crippen molar-refractivity contribution in [3.05, 3.63) is 20.0 Å². The van der Waals surface area contributed by atoms with E-state index < -0.39 is 46.2 Å². The van der Waals surface area contributed by atoms with Crippen LogP contribution in [0.4, 0.5) is 5.95 Å². The maximum Gasteiger partial charge on any atom is 0.311 e. The molecular formula is C17H24N4O6S. The van der Waals surface area contributed by atoms with Gasteiger partial charge in [-0.1, -0.05) is 32.1 Å². The number of carboxylic acid groups (broad SMARTS) is 1. The van der Waals surface area contributed by atoms with Gasteiger partial charge < -0.3 is 20.7 Å². The van der Waals surface area contributed by atoms with Crippen LogP contribution in [-0.2, 0) is 9.53 Å². The number of aliphatic carboxylic acids is 1. The first-order valence-electron chi connectivity index (χ1n) is 9.01. The highest BCUT2D eigenvalue weighted by molar-refractivity contribution is 7.16. The second-order valence-corrected chi connectivity index (χ2v) is 8.75. The molecule has 4 atom stereocenters. The van der Waals surface area contributed by atoms with Crippen LogP contribution in [0, 0.1) is 11.3 Å². The average molecular weight is 412 g/mol. The smallest absolute Gasteiger partial charge is 0.311 e. The van der Waals surface area contributed by atoms with Gasteiger partial charge in [-0.15, -0.1) is 0 Å². The lowest BCUT2D eigenvalue weighted by Crippen LogP contribution is -2.34. The largest absolute Gasteiger partial charge is 0.481 e. The highest BCUT2D eigenvalue weighted by atomic mass is 32.1. The van der Waals surface area contributed by atoms with Crippen molar-refractivity contribution in [1.29, 1.82) is 0 Å². The van der Waals surface area contributed by atoms with Gasteiger partial charge in [0.2, 0.25) is 5.95 Å². The number of aliphatic hydroxyl groups excluding tert-OH is 1. The summed E-state index contributed by atoms with van der Waals surface area (Å²) < 4.78 is 7.43. The number of anilines is 1. The minimum Gasteiger partial charge on any atom is -0.481 e. The summed E-state index contributed by atoms with van der Waals surface area (Å²) in [5.74, 6) is -1.49. The number of nitrogens with zero attached hydrogens (tertiary/aromatic N) is 2. The third kappa shape index (κ3) is 3.56. The van der Waals surface area contributed by atoms with Crippen LogP contribution in [0.2, 0.25) is 0 Å². The van der Waals surface area contributed by atoms with Crippen LogP contribution in [0.25, 0.3) is 10.3 Å². The number of hydrogen-bond acceptors (Lipinski definition) is 8. The minimum absolute atomic E-state index is 0.101. The number of aromatic nitrogens is 3. The fourth-order valence-electron chi connectivity index (χ4n) is 3.84. The van der Waals surface area contributed by atoms with E-state index in [-0.39, 0.29) is 22.7 Å². The number of H-pyrrole nitrogens is 1. The molecule has 0 aromatic carbocycles. The summed E-state index contributed by atoms with van der Waals surface area (Å²) in [5.41, 5.74) is 4.49. The Kier molecular flexibility index (Phi) is 5.34. The van der Waals surface area contributed by atoms with Crippen molar-refractivity contribution in [2.75, 3.05) is 5.73 Å². The topological polar surface area (TPSA) is 161 Å². The molecule has 0 unspecified atom stereocenters. The molecule has 28 heavy (non-hydrogen) atoms. The monoisotopic (exact) mass is 412 g/mol. The number of thiazole rings is 1. The molecule has 1 fully saturated rings. The van der Waals surface area contributed by atoms with Gasteiger partial charge in [0.05, 0.1) is 18.6 Å². The predicted molar refractivity (Wildman–Crippen MR) is 103 cm³/mol. The second-order valence-electron chi connectivity index (χ2n) is 7.78. The third-order valence-corrected chi connectivity index (χ3v) is 6.29. The summed E-state index contributed by atoms with van der Waals surface area (Å²) in [5, 5.41) is 19.6. The number of carboxylic acids is 1. The molecule has 0 aliphatic carbocycles. The third-order valence-electron chi connectivity index (χ3n) is 5.35. The van der Waals surface area contributed by atoms with E-state index in [0.29, 0.717) is 12.8 Å². The maximum atomic E-state index is 12.7. The Balaban J connectivity index is 2.15. The molecule has 1 aliphatic heterocycles. The van der Waals surface area contributed by atoms with Crippen molar-refractivity contribution >= 4 is 33.6 Å². The number of aromatic amines is 1. The number of nitrogens with one attached hydrogen (secondary N) is 1. The first-order valence-corrected chi connectivity index (χ1v) is 9.83. The number of ether oxygens (including phenoxy) is 1. The summed E-state index contributed by atoms with van der Waals surface area (Å²) in [6, 6.07) is 0. The Morgan fingerprint density at radius 3 is 2.79 bits per heavy atom. The number of nitrogens with two attached hydrogens (primary N) is 1. The van der Waals surface area contributed by atoms with Crippen LogP contribution in [0.5, 0.6) is 0 Å². The molecular weight excluding hydrogens is 388 g/mol. The molecule has 3 heterocycles. The van der Waals surface area contributed by atoms with Crippen molar-refractivity contribution in [2.45, 2.75) is 58.5 Å². The Labute approximate surface area is 164 Å². The van der Waals surface area contributed by atoms with Crippen LogP contribution in [-0.4, -0.2) is 42.9 Å². The van der Waals surface area contributed by atoms with Gasteiger partial charge in [0, 0.05) is 5.92 Å². The molecule has 3 rings (SSSR count). The molecule has 11 heteroatoms. The van der Waals surface area contributed by atoms with Crippen molar-refractivity contribution < 1.29 is 19.7 Å². The van der Waals surface area contributed by atoms with E-state index >= 15 is 0 Å². The van der Waals surface area contributed by atoms with E-state index in [4.69, 9.17) is 10.5 Å². The lowest BCUT2D eigenvalue weighted by atomic mass is 9.73. The SMILES string of the molecule is CC[C@H](O)[C@@H]1C[C@@H](C(C)(C)CC(=O)O)[C@H](n2c(=O)sc3c(=O)[nH]c(N)nc32)O1. The quantitative estimate of drug-likeness (QED) is 0.544. The molecule has 0 amide bonds. The van der Waals surface area contributed by atoms with E-state index in [9.17, 15) is 24.6 Å². The summed E-state index contributed by atoms with van der Waals surface area (Å²) in [4.78, 5) is 42.3. The summed E-state index contributed by atoms with van der Waals surface area (Å²) in [6.45, 7) is 5.39. The number of nitrogen functional groups attached to an aromatic ring is 1. The molecule has 2 aromatic heterocycles. The van der Waals surface area contributed by atoms with E-state index in [0.717, 1.165) is 11.3 Å². The Bertz CT molecular complexity index is 1010. The molecule has 5 N–H and O–H groups in total. The molecule has 1 saturated heterocycles. The van der Waals surface area contributed by atoms with E-state index in [1.807, 2.05) is 6.92 Å². The molecule has 10 nitrogen and oxygen atoms in total. The first-order chi connectivity index (χ1) is 13.0. The van der Waals surface area contributed by atoms with Crippen LogP contribution < -0.4 is 16.2 Å². The molecule has 0 radical (unpaired) electrons. The summed E-state index contributed by atoms with van der Waals surface area (Å²) in [7, 11) is 0. The zero-order valence-corrected chi connectivity index (χ0v) is 16.7. The molecule has 1 aliphatic rings. The number of fused-ring (bicyclic) bond motifs is 1. The number of aliphatic hydroxyl groups is 1. The molecule has 154 valence electrons. The van der Waals surface area contributed by atoms with E-state index in [1.165, 1.54) is 4.57 Å². The predicted octanol–water partition coefficient (Wildman–Crippen LogP) is 0.904. The van der Waals surface area contributed by atoms with Gasteiger partial charge in [-0.05, 0) is 18.3 Å². The zero-order chi connectivity index (χ0) is 20.8. The Hall–Kier alpha value is -2.24. The van der Waals surface area contributed by atoms with Crippen molar-refractivity contribution in [2.24, 2.45) is 11.3 Å². The maximum absolute atomic E-state index is 12.7. The summed E-state index contributed by atoms with van der Waals surface area (Å²) >= 11 is 0.730. The first kappa shape index (κ1) is 20.5. The van der Waals surface area contributed by atoms with Crippen molar-refractivity contribution in [3.8, 4) is 0 Å². The van der Waals surface area contributed by atoms with Gasteiger partial charge in [-0.25, -0.2) is 0 Å². The van der Waals surface area contributed by atoms with Crippen LogP contribution >= 0.6 is 11.3 Å². The fraction of sp³-hybridized carbons (Fsp3) is 0.647. The van der Waals surface area contributed by atoms with Crippen molar-refractivity contribution in [1.82, 2.24) is 14.5 Å². The number of carbonyl (C=O) groups is 1. The highest BCUT2D eigenvalue weighted by Crippen LogP contribution is 2.48. The lowest BCUT2D eigenvalue weighted by molar-refractivity contribution is -0.141. The highest BCUT2D eigenvalue weighted by Gasteiger charge is 2.48. The van der Waals surface area contributed by atoms with Gasteiger partial charge in [0.15, 0.2) is 5.65 Å². The van der Waals surface area contributed by atoms with Gasteiger partial charge >= 0.3 is 10.8 Å². The van der Waals surface area contributed by atoms with Gasteiger partial charge in [0.1, 0.15) is 10.9 Å². The van der Waals surface area contributed by atoms with Crippen LogP contribution in [0.15, 0.2) is 9.59 Å². The standard InChI is InChI=1S/C17H24N4O6S/c1-4-8(22)9-5-7(17(2,3)6-10(23)24)14(27-9)21-12-11(28-16(21)26)13(25)20-15(18)19-12/h7-9,14,22H,4-6H2,1-3H3,(H,23,24)(H3,18,19,20,25)/t7-,8+,9+,14-/m1/s1. The fourth-order valence-corrected chi connectivity index (χ4v) is 4.69. The average Bonchev–Trinajstić information content (AvgIpc) is 3.14. The zero-order valence-electron chi connectivity index (χ0n) is 15.8. The van der Waals surface area contributed by atoms with Gasteiger partial charge in [-0.3, -0.25) is 23.9 Å². The Morgan fingerprint density at radius 1 is 1.50 bits per heavy atom. The summed E-state index contributed by atoms with van der Waals surface area (Å²) in [6.07, 6.45) is -1.49. The molecule has 0 bridgehead atoms. The molecule has 0 spiro atoms. The van der Waals surface area contributed by atoms with E-state index in [1.54, 1.807) is 13.8 Å². The van der Waals surface area contributed by atoms with E-state index in [2.05, 4.69) is 9.97 Å². The normalized spacial score (nSPS) is 23.9. The second kappa shape index (κ2) is 7.30. The van der Waals surface area contributed by atoms with Crippen molar-refractivity contribution in [3.63, 3.8) is 0 Å². The minimum atomic E-state index is -0.968. The Morgan fingerprint density at radius 2 is 2.18 bits per heavy atom. The molecule has 2 aromatic rings. The number of hydrogen-bond donors (Lipinski definition) is 4. The lowest BCUT2D eigenvalue weighted by Gasteiger charge is -2.33. The van der Waals surface area contributed by atoms with Crippen LogP contribution in [0.3, 0.4) is 0 Å². The number of rotatable bonds is 6. The van der Waals surface area contributed by atoms with Gasteiger partial charge in [0.25, 0.3) is 5.56 Å². The molecule has 0 saturated carbocycles. The van der Waals surface area contributed by atoms with Gasteiger partial charge in [-0.2, -0.15) is 4.98 Å².